The van der Waals surface area contributed by atoms with Gasteiger partial charge < -0.3 is 4.74 Å². The van der Waals surface area contributed by atoms with Crippen LogP contribution < -0.4 is 5.56 Å². The van der Waals surface area contributed by atoms with Gasteiger partial charge in [-0.15, -0.1) is 0 Å². The maximum Gasteiger partial charge on any atom is 0.266 e. The minimum Gasteiger partial charge on any atom is -0.378 e. The Morgan fingerprint density at radius 3 is 3.15 bits per heavy atom. The summed E-state index contributed by atoms with van der Waals surface area (Å²) in [5.41, 5.74) is 0.604. The summed E-state index contributed by atoms with van der Waals surface area (Å²) in [6, 6.07) is 3.45. The number of aromatic amines is 1. The van der Waals surface area contributed by atoms with Crippen molar-refractivity contribution in [3.63, 3.8) is 0 Å². The smallest absolute Gasteiger partial charge is 0.266 e. The number of ether oxygens (including phenoxy) is 1. The van der Waals surface area contributed by atoms with Crippen molar-refractivity contribution in [3.05, 3.63) is 22.1 Å². The highest BCUT2D eigenvalue weighted by atomic mass is 16.5. The van der Waals surface area contributed by atoms with Crippen molar-refractivity contribution in [1.29, 1.82) is 5.26 Å². The van der Waals surface area contributed by atoms with E-state index in [-0.39, 0.29) is 5.56 Å². The first-order valence-corrected chi connectivity index (χ1v) is 3.92. The van der Waals surface area contributed by atoms with Gasteiger partial charge in [0, 0.05) is 13.2 Å². The number of H-pyrrole nitrogens is 1. The van der Waals surface area contributed by atoms with Crippen molar-refractivity contribution in [2.45, 2.75) is 19.6 Å². The molecule has 0 spiro atoms. The van der Waals surface area contributed by atoms with Gasteiger partial charge in [-0.3, -0.25) is 14.6 Å². The first kappa shape index (κ1) is 9.55. The number of methoxy groups -OCH3 is 1. The first-order chi connectivity index (χ1) is 6.27. The number of nitriles is 1. The molecule has 1 aromatic rings. The lowest BCUT2D eigenvalue weighted by molar-refractivity contribution is 0.180. The van der Waals surface area contributed by atoms with E-state index in [0.717, 1.165) is 5.69 Å². The van der Waals surface area contributed by atoms with Crippen LogP contribution in [0.4, 0.5) is 0 Å². The van der Waals surface area contributed by atoms with E-state index < -0.39 is 0 Å². The molecular formula is C8H11N3O2. The van der Waals surface area contributed by atoms with Crippen LogP contribution in [0, 0.1) is 11.3 Å². The zero-order valence-corrected chi connectivity index (χ0v) is 7.41. The molecule has 70 valence electrons. The van der Waals surface area contributed by atoms with Gasteiger partial charge in [0.2, 0.25) is 0 Å². The highest BCUT2D eigenvalue weighted by Gasteiger charge is 2.01. The van der Waals surface area contributed by atoms with Crippen LogP contribution in [-0.2, 0) is 17.9 Å². The normalized spacial score (nSPS) is 9.85. The van der Waals surface area contributed by atoms with Gasteiger partial charge in [0.05, 0.1) is 31.3 Å². The minimum absolute atomic E-state index is 0.123. The molecule has 0 aliphatic heterocycles. The summed E-state index contributed by atoms with van der Waals surface area (Å²) >= 11 is 0. The second-order valence-corrected chi connectivity index (χ2v) is 2.61. The molecule has 0 fully saturated rings. The molecule has 1 aromatic heterocycles. The standard InChI is InChI=1S/C8H11N3O2/c1-13-6-7-5-8(12)11(10-7)4-2-3-9/h5,10H,2,4,6H2,1H3. The van der Waals surface area contributed by atoms with Gasteiger partial charge in [-0.2, -0.15) is 5.26 Å². The van der Waals surface area contributed by atoms with E-state index in [4.69, 9.17) is 10.00 Å². The van der Waals surface area contributed by atoms with Crippen LogP contribution in [0.25, 0.3) is 0 Å². The molecular weight excluding hydrogens is 170 g/mol. The molecule has 1 N–H and O–H groups in total. The van der Waals surface area contributed by atoms with E-state index in [9.17, 15) is 4.79 Å². The van der Waals surface area contributed by atoms with Gasteiger partial charge in [-0.05, 0) is 0 Å². The fourth-order valence-electron chi connectivity index (χ4n) is 1.05. The minimum atomic E-state index is -0.123. The molecule has 5 nitrogen and oxygen atoms in total. The molecule has 0 aliphatic rings. The zero-order chi connectivity index (χ0) is 9.68. The van der Waals surface area contributed by atoms with Crippen LogP contribution in [0.1, 0.15) is 12.1 Å². The molecule has 0 unspecified atom stereocenters. The lowest BCUT2D eigenvalue weighted by Gasteiger charge is -1.96. The van der Waals surface area contributed by atoms with E-state index in [2.05, 4.69) is 5.10 Å². The molecule has 0 aliphatic carbocycles. The Bertz CT molecular complexity index is 358. The van der Waals surface area contributed by atoms with Crippen molar-refractivity contribution < 1.29 is 4.74 Å². The number of aryl methyl sites for hydroxylation is 1. The molecule has 0 atom stereocenters. The summed E-state index contributed by atoms with van der Waals surface area (Å²) in [5, 5.41) is 11.2. The van der Waals surface area contributed by atoms with Crippen LogP contribution in [-0.4, -0.2) is 16.9 Å². The Balaban J connectivity index is 2.73. The topological polar surface area (TPSA) is 70.8 Å². The van der Waals surface area contributed by atoms with E-state index in [1.165, 1.54) is 10.7 Å². The summed E-state index contributed by atoms with van der Waals surface area (Å²) in [7, 11) is 1.56. The molecule has 0 saturated carbocycles. The van der Waals surface area contributed by atoms with Crippen molar-refractivity contribution >= 4 is 0 Å². The summed E-state index contributed by atoms with van der Waals surface area (Å²) < 4.78 is 6.25. The quantitative estimate of drug-likeness (QED) is 0.723. The number of aromatic nitrogens is 2. The van der Waals surface area contributed by atoms with Crippen molar-refractivity contribution in [2.75, 3.05) is 7.11 Å². The van der Waals surface area contributed by atoms with Gasteiger partial charge in [0.25, 0.3) is 5.56 Å². The maximum absolute atomic E-state index is 11.2. The number of hydrogen-bond acceptors (Lipinski definition) is 3. The second kappa shape index (κ2) is 4.48. The predicted octanol–water partition coefficient (Wildman–Crippen LogP) is 0.236. The van der Waals surface area contributed by atoms with Crippen LogP contribution in [0.5, 0.6) is 0 Å². The summed E-state index contributed by atoms with van der Waals surface area (Å²) in [6.07, 6.45) is 0.326. The molecule has 1 rings (SSSR count). The predicted molar refractivity (Wildman–Crippen MR) is 46.0 cm³/mol. The average Bonchev–Trinajstić information content (AvgIpc) is 2.44. The van der Waals surface area contributed by atoms with Gasteiger partial charge in [0.15, 0.2) is 0 Å². The van der Waals surface area contributed by atoms with Gasteiger partial charge in [0.1, 0.15) is 0 Å². The van der Waals surface area contributed by atoms with E-state index in [1.54, 1.807) is 7.11 Å². The highest BCUT2D eigenvalue weighted by Crippen LogP contribution is 1.92. The monoisotopic (exact) mass is 181 g/mol. The fraction of sp³-hybridized carbons (Fsp3) is 0.500. The Morgan fingerprint density at radius 1 is 1.77 bits per heavy atom. The molecule has 5 heteroatoms. The lowest BCUT2D eigenvalue weighted by atomic mass is 10.4. The SMILES string of the molecule is COCc1cc(=O)n(CCC#N)[nH]1. The number of hydrogen-bond donors (Lipinski definition) is 1. The van der Waals surface area contributed by atoms with E-state index in [1.807, 2.05) is 6.07 Å². The summed E-state index contributed by atoms with van der Waals surface area (Å²) in [6.45, 7) is 0.786. The fourth-order valence-corrected chi connectivity index (χ4v) is 1.05. The van der Waals surface area contributed by atoms with Crippen LogP contribution in [0.15, 0.2) is 10.9 Å². The summed E-state index contributed by atoms with van der Waals surface area (Å²) in [4.78, 5) is 11.2. The van der Waals surface area contributed by atoms with Crippen molar-refractivity contribution in [1.82, 2.24) is 9.78 Å². The molecule has 0 amide bonds. The third-order valence-corrected chi connectivity index (χ3v) is 1.59. The van der Waals surface area contributed by atoms with Crippen molar-refractivity contribution in [3.8, 4) is 6.07 Å². The molecule has 0 radical (unpaired) electrons. The van der Waals surface area contributed by atoms with Crippen LogP contribution >= 0.6 is 0 Å². The zero-order valence-electron chi connectivity index (χ0n) is 7.41. The van der Waals surface area contributed by atoms with Gasteiger partial charge >= 0.3 is 0 Å². The Morgan fingerprint density at radius 2 is 2.54 bits per heavy atom. The summed E-state index contributed by atoms with van der Waals surface area (Å²) in [5.74, 6) is 0. The number of rotatable bonds is 4. The first-order valence-electron chi connectivity index (χ1n) is 3.92. The van der Waals surface area contributed by atoms with Gasteiger partial charge in [-0.25, -0.2) is 0 Å². The highest BCUT2D eigenvalue weighted by molar-refractivity contribution is 4.97. The number of nitrogens with zero attached hydrogens (tertiary/aromatic N) is 2. The second-order valence-electron chi connectivity index (χ2n) is 2.61. The Labute approximate surface area is 75.5 Å². The van der Waals surface area contributed by atoms with E-state index in [0.29, 0.717) is 19.6 Å². The van der Waals surface area contributed by atoms with E-state index >= 15 is 0 Å². The number of nitrogens with one attached hydrogen (secondary N) is 1. The lowest BCUT2D eigenvalue weighted by Crippen LogP contribution is -2.15. The molecule has 13 heavy (non-hydrogen) atoms. The molecule has 0 saturated heterocycles. The largest absolute Gasteiger partial charge is 0.378 e. The third-order valence-electron chi connectivity index (χ3n) is 1.59. The third kappa shape index (κ3) is 2.46. The Hall–Kier alpha value is -1.54. The van der Waals surface area contributed by atoms with Crippen LogP contribution in [0.3, 0.4) is 0 Å². The van der Waals surface area contributed by atoms with Gasteiger partial charge in [-0.1, -0.05) is 0 Å². The molecule has 0 aromatic carbocycles. The van der Waals surface area contributed by atoms with Crippen molar-refractivity contribution in [2.24, 2.45) is 0 Å². The molecule has 0 bridgehead atoms. The molecule has 1 heterocycles. The average molecular weight is 181 g/mol. The Kier molecular flexibility index (Phi) is 3.29. The van der Waals surface area contributed by atoms with Crippen LogP contribution in [0.2, 0.25) is 0 Å². The maximum atomic E-state index is 11.2.